The van der Waals surface area contributed by atoms with Crippen LogP contribution in [0.25, 0.3) is 16.3 Å². The molecule has 0 atom stereocenters. The van der Waals surface area contributed by atoms with Crippen LogP contribution in [0.3, 0.4) is 0 Å². The summed E-state index contributed by atoms with van der Waals surface area (Å²) in [4.78, 5) is 17.5. The minimum absolute atomic E-state index is 0.222. The highest BCUT2D eigenvalue weighted by atomic mass is 32.1. The Morgan fingerprint density at radius 1 is 1.10 bits per heavy atom. The van der Waals surface area contributed by atoms with Crippen molar-refractivity contribution in [1.82, 2.24) is 4.57 Å². The SMILES string of the molecule is CCn1c(=NC(=O)/C=C\c2cc(OC)c(OC)c(OC)c2)sc2cc3c(cc21)OCO3. The molecule has 0 unspecified atom stereocenters. The van der Waals surface area contributed by atoms with Crippen LogP contribution in [0, 0.1) is 0 Å². The molecule has 0 aliphatic carbocycles. The molecule has 0 spiro atoms. The fourth-order valence-corrected chi connectivity index (χ4v) is 4.46. The molecule has 1 aliphatic heterocycles. The quantitative estimate of drug-likeness (QED) is 0.543. The fourth-order valence-electron chi connectivity index (χ4n) is 3.35. The maximum atomic E-state index is 12.6. The molecule has 0 fully saturated rings. The van der Waals surface area contributed by atoms with Crippen LogP contribution in [-0.4, -0.2) is 38.6 Å². The Kier molecular flexibility index (Phi) is 5.85. The maximum absolute atomic E-state index is 12.6. The van der Waals surface area contributed by atoms with Gasteiger partial charge in [0.2, 0.25) is 12.5 Å². The monoisotopic (exact) mass is 442 g/mol. The van der Waals surface area contributed by atoms with Crippen molar-refractivity contribution in [1.29, 1.82) is 0 Å². The van der Waals surface area contributed by atoms with E-state index in [9.17, 15) is 4.79 Å². The number of rotatable bonds is 6. The first-order valence-electron chi connectivity index (χ1n) is 9.57. The minimum atomic E-state index is -0.373. The van der Waals surface area contributed by atoms with E-state index in [1.165, 1.54) is 17.4 Å². The first kappa shape index (κ1) is 20.8. The molecule has 31 heavy (non-hydrogen) atoms. The summed E-state index contributed by atoms with van der Waals surface area (Å²) >= 11 is 1.43. The third-order valence-electron chi connectivity index (χ3n) is 4.80. The second-order valence-corrected chi connectivity index (χ2v) is 7.55. The number of nitrogens with zero attached hydrogens (tertiary/aromatic N) is 2. The molecule has 3 aromatic rings. The van der Waals surface area contributed by atoms with Crippen molar-refractivity contribution in [2.24, 2.45) is 4.99 Å². The molecule has 8 nitrogen and oxygen atoms in total. The zero-order chi connectivity index (χ0) is 22.0. The second-order valence-electron chi connectivity index (χ2n) is 6.54. The number of aryl methyl sites for hydroxylation is 1. The smallest absolute Gasteiger partial charge is 0.272 e. The number of amides is 1. The third kappa shape index (κ3) is 3.96. The van der Waals surface area contributed by atoms with Crippen molar-refractivity contribution in [3.63, 3.8) is 0 Å². The lowest BCUT2D eigenvalue weighted by atomic mass is 10.1. The highest BCUT2D eigenvalue weighted by Crippen LogP contribution is 2.39. The van der Waals surface area contributed by atoms with Crippen LogP contribution in [0.4, 0.5) is 0 Å². The molecule has 162 valence electrons. The van der Waals surface area contributed by atoms with Crippen molar-refractivity contribution in [3.05, 3.63) is 40.7 Å². The summed E-state index contributed by atoms with van der Waals surface area (Å²) in [7, 11) is 4.63. The number of benzene rings is 2. The maximum Gasteiger partial charge on any atom is 0.272 e. The molecule has 1 aliphatic rings. The molecule has 4 rings (SSSR count). The van der Waals surface area contributed by atoms with Crippen LogP contribution in [0.15, 0.2) is 35.3 Å². The van der Waals surface area contributed by atoms with Crippen LogP contribution in [0.5, 0.6) is 28.7 Å². The average molecular weight is 442 g/mol. The lowest BCUT2D eigenvalue weighted by Gasteiger charge is -2.12. The zero-order valence-corrected chi connectivity index (χ0v) is 18.4. The van der Waals surface area contributed by atoms with Gasteiger partial charge in [-0.2, -0.15) is 4.99 Å². The number of methoxy groups -OCH3 is 3. The highest BCUT2D eigenvalue weighted by molar-refractivity contribution is 7.16. The van der Waals surface area contributed by atoms with Gasteiger partial charge in [0.1, 0.15) is 0 Å². The second kappa shape index (κ2) is 8.73. The predicted molar refractivity (Wildman–Crippen MR) is 117 cm³/mol. The van der Waals surface area contributed by atoms with E-state index < -0.39 is 0 Å². The van der Waals surface area contributed by atoms with E-state index in [0.29, 0.717) is 40.1 Å². The van der Waals surface area contributed by atoms with Gasteiger partial charge in [-0.15, -0.1) is 0 Å². The van der Waals surface area contributed by atoms with Gasteiger partial charge in [0.25, 0.3) is 5.91 Å². The van der Waals surface area contributed by atoms with Gasteiger partial charge in [-0.25, -0.2) is 0 Å². The first-order chi connectivity index (χ1) is 15.1. The number of aromatic nitrogens is 1. The number of carbonyl (C=O) groups excluding carboxylic acids is 1. The number of fused-ring (bicyclic) bond motifs is 2. The number of thiazole rings is 1. The normalized spacial score (nSPS) is 13.2. The summed E-state index contributed by atoms with van der Waals surface area (Å²) < 4.78 is 29.9. The molecule has 9 heteroatoms. The van der Waals surface area contributed by atoms with Gasteiger partial charge in [0.05, 0.1) is 31.5 Å². The van der Waals surface area contributed by atoms with Crippen LogP contribution < -0.4 is 28.5 Å². The Morgan fingerprint density at radius 3 is 2.39 bits per heavy atom. The summed E-state index contributed by atoms with van der Waals surface area (Å²) in [5, 5.41) is 0. The van der Waals surface area contributed by atoms with Crippen molar-refractivity contribution in [2.75, 3.05) is 28.1 Å². The standard InChI is InChI=1S/C22H22N2O6S/c1-5-24-14-10-15-16(30-12-29-15)11-19(14)31-22(24)23-20(25)7-6-13-8-17(26-2)21(28-4)18(9-13)27-3/h6-11H,5,12H2,1-4H3/b7-6-,23-22?. The summed E-state index contributed by atoms with van der Waals surface area (Å²) in [6.07, 6.45) is 3.08. The zero-order valence-electron chi connectivity index (χ0n) is 17.6. The van der Waals surface area contributed by atoms with Crippen LogP contribution >= 0.6 is 11.3 Å². The molecular formula is C22H22N2O6S. The Labute approximate surface area is 182 Å². The number of ether oxygens (including phenoxy) is 5. The average Bonchev–Trinajstić information content (AvgIpc) is 3.37. The Bertz CT molecular complexity index is 1220. The molecule has 0 saturated carbocycles. The lowest BCUT2D eigenvalue weighted by molar-refractivity contribution is -0.113. The van der Waals surface area contributed by atoms with Crippen LogP contribution in [0.1, 0.15) is 12.5 Å². The van der Waals surface area contributed by atoms with Gasteiger partial charge < -0.3 is 28.3 Å². The molecule has 1 amide bonds. The van der Waals surface area contributed by atoms with Crippen molar-refractivity contribution < 1.29 is 28.5 Å². The Morgan fingerprint density at radius 2 is 1.77 bits per heavy atom. The summed E-state index contributed by atoms with van der Waals surface area (Å²) in [5.41, 5.74) is 1.68. The predicted octanol–water partition coefficient (Wildman–Crippen LogP) is 3.62. The molecule has 0 saturated heterocycles. The van der Waals surface area contributed by atoms with E-state index >= 15 is 0 Å². The van der Waals surface area contributed by atoms with E-state index in [-0.39, 0.29) is 12.7 Å². The molecule has 2 aromatic carbocycles. The summed E-state index contributed by atoms with van der Waals surface area (Å²) in [6, 6.07) is 7.37. The van der Waals surface area contributed by atoms with Gasteiger partial charge in [-0.05, 0) is 30.7 Å². The Balaban J connectivity index is 1.67. The van der Waals surface area contributed by atoms with Gasteiger partial charge in [0.15, 0.2) is 27.8 Å². The van der Waals surface area contributed by atoms with Gasteiger partial charge >= 0.3 is 0 Å². The molecule has 0 bridgehead atoms. The van der Waals surface area contributed by atoms with Gasteiger partial charge in [-0.3, -0.25) is 4.79 Å². The molecule has 2 heterocycles. The topological polar surface area (TPSA) is 80.5 Å². The van der Waals surface area contributed by atoms with E-state index in [2.05, 4.69) is 4.99 Å². The van der Waals surface area contributed by atoms with E-state index in [0.717, 1.165) is 15.8 Å². The number of hydrogen-bond acceptors (Lipinski definition) is 7. The minimum Gasteiger partial charge on any atom is -0.493 e. The van der Waals surface area contributed by atoms with Gasteiger partial charge in [-0.1, -0.05) is 11.3 Å². The summed E-state index contributed by atoms with van der Waals surface area (Å²) in [6.45, 7) is 2.90. The molecule has 0 radical (unpaired) electrons. The Hall–Kier alpha value is -3.46. The number of carbonyl (C=O) groups is 1. The van der Waals surface area contributed by atoms with Crippen LogP contribution in [-0.2, 0) is 11.3 Å². The molecule has 0 N–H and O–H groups in total. The summed E-state index contributed by atoms with van der Waals surface area (Å²) in [5.74, 6) is 2.55. The van der Waals surface area contributed by atoms with E-state index in [1.807, 2.05) is 23.6 Å². The van der Waals surface area contributed by atoms with E-state index in [4.69, 9.17) is 23.7 Å². The number of hydrogen-bond donors (Lipinski definition) is 0. The van der Waals surface area contributed by atoms with Crippen LogP contribution in [0.2, 0.25) is 0 Å². The fraction of sp³-hybridized carbons (Fsp3) is 0.273. The highest BCUT2D eigenvalue weighted by Gasteiger charge is 2.17. The lowest BCUT2D eigenvalue weighted by Crippen LogP contribution is -2.15. The van der Waals surface area contributed by atoms with Crippen molar-refractivity contribution in [2.45, 2.75) is 13.5 Å². The first-order valence-corrected chi connectivity index (χ1v) is 10.4. The molecule has 1 aromatic heterocycles. The van der Waals surface area contributed by atoms with Gasteiger partial charge in [0, 0.05) is 24.8 Å². The third-order valence-corrected chi connectivity index (χ3v) is 5.85. The largest absolute Gasteiger partial charge is 0.493 e. The van der Waals surface area contributed by atoms with Crippen molar-refractivity contribution in [3.8, 4) is 28.7 Å². The van der Waals surface area contributed by atoms with Crippen molar-refractivity contribution >= 4 is 33.5 Å². The van der Waals surface area contributed by atoms with E-state index in [1.54, 1.807) is 39.5 Å². The molecular weight excluding hydrogens is 420 g/mol.